The fourth-order valence-corrected chi connectivity index (χ4v) is 1.87. The van der Waals surface area contributed by atoms with E-state index in [0.717, 1.165) is 0 Å². The van der Waals surface area contributed by atoms with Gasteiger partial charge in [-0.1, -0.05) is 6.08 Å². The van der Waals surface area contributed by atoms with Crippen LogP contribution in [0, 0.1) is 0 Å². The molecule has 0 fully saturated rings. The highest BCUT2D eigenvalue weighted by atomic mass is 16.6. The lowest BCUT2D eigenvalue weighted by molar-refractivity contribution is -0.140. The fourth-order valence-electron chi connectivity index (χ4n) is 1.87. The number of amides is 2. The minimum absolute atomic E-state index is 0.0681. The minimum atomic E-state index is -0.941. The molecule has 28 heavy (non-hydrogen) atoms. The van der Waals surface area contributed by atoms with Crippen molar-refractivity contribution in [2.45, 2.75) is 72.5 Å². The lowest BCUT2D eigenvalue weighted by Gasteiger charge is -2.28. The predicted molar refractivity (Wildman–Crippen MR) is 107 cm³/mol. The quantitative estimate of drug-likeness (QED) is 0.282. The second-order valence-corrected chi connectivity index (χ2v) is 7.90. The SMILES string of the molecule is C=N/C(=C\C(=C/C)CCC(=O)OC)N(C(=O)OC(C)(C)C)C(=O)OC(C)(C)C. The summed E-state index contributed by atoms with van der Waals surface area (Å²) in [5, 5.41) is 0. The maximum atomic E-state index is 12.6. The Hall–Kier alpha value is -2.64. The lowest BCUT2D eigenvalue weighted by atomic mass is 10.1. The Morgan fingerprint density at radius 3 is 1.75 bits per heavy atom. The van der Waals surface area contributed by atoms with E-state index >= 15 is 0 Å². The molecular formula is C20H32N2O6. The first kappa shape index (κ1) is 25.4. The number of aliphatic imine (C=N–C) groups is 1. The van der Waals surface area contributed by atoms with E-state index in [1.807, 2.05) is 0 Å². The topological polar surface area (TPSA) is 94.5 Å². The highest BCUT2D eigenvalue weighted by molar-refractivity contribution is 5.90. The number of imide groups is 1. The van der Waals surface area contributed by atoms with Gasteiger partial charge in [-0.05, 0) is 73.3 Å². The molecule has 0 aromatic heterocycles. The van der Waals surface area contributed by atoms with Crippen molar-refractivity contribution in [3.05, 3.63) is 23.5 Å². The van der Waals surface area contributed by atoms with Crippen molar-refractivity contribution in [2.24, 2.45) is 4.99 Å². The number of hydrogen-bond acceptors (Lipinski definition) is 7. The van der Waals surface area contributed by atoms with Crippen molar-refractivity contribution in [3.63, 3.8) is 0 Å². The highest BCUT2D eigenvalue weighted by Gasteiger charge is 2.34. The van der Waals surface area contributed by atoms with Crippen LogP contribution in [-0.4, -0.2) is 48.1 Å². The van der Waals surface area contributed by atoms with Crippen LogP contribution in [0.2, 0.25) is 0 Å². The van der Waals surface area contributed by atoms with Crippen molar-refractivity contribution in [2.75, 3.05) is 7.11 Å². The van der Waals surface area contributed by atoms with Crippen molar-refractivity contribution >= 4 is 24.9 Å². The summed E-state index contributed by atoms with van der Waals surface area (Å²) >= 11 is 0. The molecule has 0 bridgehead atoms. The third kappa shape index (κ3) is 9.89. The lowest BCUT2D eigenvalue weighted by Crippen LogP contribution is -2.42. The van der Waals surface area contributed by atoms with Crippen LogP contribution in [0.5, 0.6) is 0 Å². The van der Waals surface area contributed by atoms with E-state index < -0.39 is 23.4 Å². The molecule has 0 heterocycles. The van der Waals surface area contributed by atoms with Crippen LogP contribution in [0.3, 0.4) is 0 Å². The molecule has 8 nitrogen and oxygen atoms in total. The number of methoxy groups -OCH3 is 1. The van der Waals surface area contributed by atoms with E-state index in [1.165, 1.54) is 13.2 Å². The third-order valence-electron chi connectivity index (χ3n) is 3.07. The number of esters is 1. The molecule has 158 valence electrons. The molecule has 0 aromatic rings. The van der Waals surface area contributed by atoms with Gasteiger partial charge in [0, 0.05) is 6.42 Å². The average Bonchev–Trinajstić information content (AvgIpc) is 2.53. The van der Waals surface area contributed by atoms with Crippen LogP contribution in [-0.2, 0) is 19.0 Å². The average molecular weight is 396 g/mol. The first-order valence-corrected chi connectivity index (χ1v) is 8.90. The molecule has 0 unspecified atom stereocenters. The van der Waals surface area contributed by atoms with E-state index in [2.05, 4.69) is 16.4 Å². The number of carbonyl (C=O) groups is 3. The minimum Gasteiger partial charge on any atom is -0.469 e. The van der Waals surface area contributed by atoms with E-state index in [0.29, 0.717) is 16.9 Å². The molecule has 0 saturated heterocycles. The first-order chi connectivity index (χ1) is 12.7. The largest absolute Gasteiger partial charge is 0.469 e. The molecule has 2 amide bonds. The highest BCUT2D eigenvalue weighted by Crippen LogP contribution is 2.21. The summed E-state index contributed by atoms with van der Waals surface area (Å²) in [6.07, 6.45) is 1.79. The van der Waals surface area contributed by atoms with E-state index in [-0.39, 0.29) is 18.2 Å². The maximum Gasteiger partial charge on any atom is 0.425 e. The first-order valence-electron chi connectivity index (χ1n) is 8.90. The van der Waals surface area contributed by atoms with E-state index in [1.54, 1.807) is 54.5 Å². The molecule has 0 rings (SSSR count). The molecule has 0 spiro atoms. The number of carbonyl (C=O) groups excluding carboxylic acids is 3. The monoisotopic (exact) mass is 396 g/mol. The van der Waals surface area contributed by atoms with Crippen molar-refractivity contribution in [1.29, 1.82) is 0 Å². The molecule has 0 saturated carbocycles. The van der Waals surface area contributed by atoms with Crippen LogP contribution < -0.4 is 0 Å². The maximum absolute atomic E-state index is 12.6. The fraction of sp³-hybridized carbons (Fsp3) is 0.600. The summed E-state index contributed by atoms with van der Waals surface area (Å²) in [5.41, 5.74) is -1.01. The smallest absolute Gasteiger partial charge is 0.425 e. The van der Waals surface area contributed by atoms with Crippen LogP contribution >= 0.6 is 0 Å². The number of ether oxygens (including phenoxy) is 3. The van der Waals surface area contributed by atoms with Crippen LogP contribution in [0.25, 0.3) is 0 Å². The zero-order valence-corrected chi connectivity index (χ0v) is 18.1. The molecule has 0 aliphatic rings. The summed E-state index contributed by atoms with van der Waals surface area (Å²) in [6, 6.07) is 0. The number of allylic oxidation sites excluding steroid dienone is 3. The molecule has 0 aliphatic carbocycles. The molecule has 0 aliphatic heterocycles. The Morgan fingerprint density at radius 2 is 1.43 bits per heavy atom. The van der Waals surface area contributed by atoms with E-state index in [9.17, 15) is 14.4 Å². The van der Waals surface area contributed by atoms with Gasteiger partial charge in [-0.25, -0.2) is 14.6 Å². The number of nitrogens with zero attached hydrogens (tertiary/aromatic N) is 2. The molecular weight excluding hydrogens is 364 g/mol. The second kappa shape index (κ2) is 10.6. The molecule has 0 radical (unpaired) electrons. The Labute approximate surface area is 167 Å². The standard InChI is InChI=1S/C20H32N2O6/c1-10-14(11-12-16(23)26-9)13-15(21-8)22(17(24)27-19(2,3)4)18(25)28-20(5,6)7/h10,13H,8,11-12H2,1-7,9H3/b14-10-,15-13+. The van der Waals surface area contributed by atoms with Crippen LogP contribution in [0.1, 0.15) is 61.3 Å². The third-order valence-corrected chi connectivity index (χ3v) is 3.07. The molecule has 0 atom stereocenters. The van der Waals surface area contributed by atoms with Gasteiger partial charge in [-0.15, -0.1) is 0 Å². The zero-order valence-electron chi connectivity index (χ0n) is 18.1. The number of rotatable bonds is 6. The van der Waals surface area contributed by atoms with Gasteiger partial charge in [0.15, 0.2) is 0 Å². The number of hydrogen-bond donors (Lipinski definition) is 0. The Balaban J connectivity index is 5.90. The van der Waals surface area contributed by atoms with Gasteiger partial charge in [0.2, 0.25) is 0 Å². The van der Waals surface area contributed by atoms with Gasteiger partial charge in [0.25, 0.3) is 0 Å². The molecule has 8 heteroatoms. The summed E-state index contributed by atoms with van der Waals surface area (Å²) in [5.74, 6) is -0.446. The predicted octanol–water partition coefficient (Wildman–Crippen LogP) is 4.60. The van der Waals surface area contributed by atoms with Crippen molar-refractivity contribution in [3.8, 4) is 0 Å². The summed E-state index contributed by atoms with van der Waals surface area (Å²) in [4.78, 5) is 41.2. The van der Waals surface area contributed by atoms with Crippen LogP contribution in [0.4, 0.5) is 9.59 Å². The van der Waals surface area contributed by atoms with Crippen molar-refractivity contribution < 1.29 is 28.6 Å². The second-order valence-electron chi connectivity index (χ2n) is 7.90. The van der Waals surface area contributed by atoms with Gasteiger partial charge in [-0.2, -0.15) is 4.90 Å². The zero-order chi connectivity index (χ0) is 22.1. The normalized spacial score (nSPS) is 12.9. The Kier molecular flexibility index (Phi) is 9.63. The summed E-state index contributed by atoms with van der Waals surface area (Å²) in [6.45, 7) is 15.3. The summed E-state index contributed by atoms with van der Waals surface area (Å²) in [7, 11) is 1.30. The Bertz CT molecular complexity index is 623. The molecule has 0 aromatic carbocycles. The summed E-state index contributed by atoms with van der Waals surface area (Å²) < 4.78 is 15.3. The van der Waals surface area contributed by atoms with Gasteiger partial charge < -0.3 is 14.2 Å². The van der Waals surface area contributed by atoms with Gasteiger partial charge in [0.05, 0.1) is 7.11 Å². The van der Waals surface area contributed by atoms with Gasteiger partial charge in [-0.3, -0.25) is 4.79 Å². The molecule has 0 N–H and O–H groups in total. The van der Waals surface area contributed by atoms with E-state index in [4.69, 9.17) is 9.47 Å². The van der Waals surface area contributed by atoms with Gasteiger partial charge >= 0.3 is 18.2 Å². The van der Waals surface area contributed by atoms with Crippen molar-refractivity contribution in [1.82, 2.24) is 4.90 Å². The van der Waals surface area contributed by atoms with Gasteiger partial charge in [0.1, 0.15) is 17.0 Å². The van der Waals surface area contributed by atoms with Crippen LogP contribution in [0.15, 0.2) is 28.5 Å². The Morgan fingerprint density at radius 1 is 0.964 bits per heavy atom.